The Hall–Kier alpha value is -1.10. The van der Waals surface area contributed by atoms with Crippen LogP contribution in [0.5, 0.6) is 0 Å². The second-order valence-electron chi connectivity index (χ2n) is 7.03. The summed E-state index contributed by atoms with van der Waals surface area (Å²) in [6.45, 7) is 8.26. The number of nitrogens with one attached hydrogen (secondary N) is 1. The number of amides is 2. The number of urea groups is 1. The summed E-state index contributed by atoms with van der Waals surface area (Å²) in [5.41, 5.74) is 0. The van der Waals surface area contributed by atoms with Gasteiger partial charge in [0.25, 0.3) is 0 Å². The van der Waals surface area contributed by atoms with Crippen LogP contribution in [0.1, 0.15) is 13.3 Å². The van der Waals surface area contributed by atoms with Gasteiger partial charge in [0.05, 0.1) is 13.2 Å². The van der Waals surface area contributed by atoms with E-state index in [0.717, 1.165) is 39.4 Å². The van der Waals surface area contributed by atoms with Gasteiger partial charge in [0.1, 0.15) is 6.61 Å². The predicted octanol–water partition coefficient (Wildman–Crippen LogP) is 1.00. The molecule has 1 N–H and O–H groups in total. The third-order valence-electron chi connectivity index (χ3n) is 4.91. The highest BCUT2D eigenvalue weighted by Crippen LogP contribution is 2.14. The lowest BCUT2D eigenvalue weighted by Crippen LogP contribution is -2.54. The number of nitrogens with zero attached hydrogens (tertiary/aromatic N) is 3. The summed E-state index contributed by atoms with van der Waals surface area (Å²) in [4.78, 5) is 18.6. The van der Waals surface area contributed by atoms with E-state index in [1.807, 2.05) is 0 Å². The molecule has 0 bridgehead atoms. The highest BCUT2D eigenvalue weighted by Gasteiger charge is 2.27. The van der Waals surface area contributed by atoms with Gasteiger partial charge >= 0.3 is 12.2 Å². The van der Waals surface area contributed by atoms with E-state index >= 15 is 0 Å². The summed E-state index contributed by atoms with van der Waals surface area (Å²) in [6.07, 6.45) is -3.71. The molecule has 0 aromatic heterocycles. The van der Waals surface area contributed by atoms with Gasteiger partial charge in [-0.3, -0.25) is 9.80 Å². The number of halogens is 3. The quantitative estimate of drug-likeness (QED) is 0.621. The van der Waals surface area contributed by atoms with Crippen LogP contribution in [0.25, 0.3) is 0 Å². The van der Waals surface area contributed by atoms with Crippen molar-refractivity contribution in [2.75, 3.05) is 78.8 Å². The zero-order valence-corrected chi connectivity index (χ0v) is 16.0. The fourth-order valence-electron chi connectivity index (χ4n) is 3.25. The first-order valence-electron chi connectivity index (χ1n) is 9.56. The van der Waals surface area contributed by atoms with Crippen molar-refractivity contribution >= 4 is 6.03 Å². The van der Waals surface area contributed by atoms with Crippen molar-refractivity contribution in [3.63, 3.8) is 0 Å². The number of hydrogen-bond donors (Lipinski definition) is 1. The summed E-state index contributed by atoms with van der Waals surface area (Å²) in [7, 11) is 0. The molecular formula is C17H31F3N4O3. The minimum Gasteiger partial charge on any atom is -0.379 e. The van der Waals surface area contributed by atoms with Crippen LogP contribution in [0.4, 0.5) is 18.0 Å². The van der Waals surface area contributed by atoms with E-state index in [1.54, 1.807) is 4.90 Å². The maximum atomic E-state index is 12.3. The SMILES string of the molecule is CC(CNC(=O)N1CCN(CCCOCC(F)(F)F)CC1)N1CCOCC1. The Morgan fingerprint density at radius 2 is 1.81 bits per heavy atom. The molecule has 0 aromatic carbocycles. The highest BCUT2D eigenvalue weighted by molar-refractivity contribution is 5.74. The molecular weight excluding hydrogens is 365 g/mol. The van der Waals surface area contributed by atoms with Crippen molar-refractivity contribution in [3.05, 3.63) is 0 Å². The fraction of sp³-hybridized carbons (Fsp3) is 0.941. The normalized spacial score (nSPS) is 21.3. The molecule has 7 nitrogen and oxygen atoms in total. The summed E-state index contributed by atoms with van der Waals surface area (Å²) < 4.78 is 45.9. The van der Waals surface area contributed by atoms with Gasteiger partial charge in [0.2, 0.25) is 0 Å². The van der Waals surface area contributed by atoms with Crippen LogP contribution in [-0.2, 0) is 9.47 Å². The second-order valence-corrected chi connectivity index (χ2v) is 7.03. The summed E-state index contributed by atoms with van der Waals surface area (Å²) in [5.74, 6) is 0. The molecule has 0 aromatic rings. The second kappa shape index (κ2) is 11.0. The van der Waals surface area contributed by atoms with Crippen LogP contribution in [0.2, 0.25) is 0 Å². The van der Waals surface area contributed by atoms with Crippen LogP contribution in [0, 0.1) is 0 Å². The first-order chi connectivity index (χ1) is 12.8. The average molecular weight is 396 g/mol. The van der Waals surface area contributed by atoms with E-state index in [4.69, 9.17) is 4.74 Å². The van der Waals surface area contributed by atoms with E-state index in [0.29, 0.717) is 32.6 Å². The van der Waals surface area contributed by atoms with Gasteiger partial charge in [-0.05, 0) is 13.3 Å². The molecule has 27 heavy (non-hydrogen) atoms. The fourth-order valence-corrected chi connectivity index (χ4v) is 3.25. The van der Waals surface area contributed by atoms with Crippen molar-refractivity contribution in [1.29, 1.82) is 0 Å². The molecule has 158 valence electrons. The molecule has 10 heteroatoms. The van der Waals surface area contributed by atoms with Crippen LogP contribution in [0.3, 0.4) is 0 Å². The van der Waals surface area contributed by atoms with E-state index in [2.05, 4.69) is 26.8 Å². The van der Waals surface area contributed by atoms with Crippen LogP contribution in [0.15, 0.2) is 0 Å². The molecule has 0 radical (unpaired) electrons. The smallest absolute Gasteiger partial charge is 0.379 e. The monoisotopic (exact) mass is 396 g/mol. The average Bonchev–Trinajstić information content (AvgIpc) is 2.66. The Morgan fingerprint density at radius 3 is 2.44 bits per heavy atom. The number of hydrogen-bond acceptors (Lipinski definition) is 5. The zero-order valence-electron chi connectivity index (χ0n) is 16.0. The maximum Gasteiger partial charge on any atom is 0.411 e. The Morgan fingerprint density at radius 1 is 1.15 bits per heavy atom. The van der Waals surface area contributed by atoms with Gasteiger partial charge in [0, 0.05) is 65.0 Å². The maximum absolute atomic E-state index is 12.3. The molecule has 0 saturated carbocycles. The van der Waals surface area contributed by atoms with E-state index in [9.17, 15) is 18.0 Å². The molecule has 2 fully saturated rings. The molecule has 2 aliphatic rings. The summed E-state index contributed by atoms with van der Waals surface area (Å²) in [6, 6.07) is 0.221. The van der Waals surface area contributed by atoms with Gasteiger partial charge in [-0.15, -0.1) is 0 Å². The minimum absolute atomic E-state index is 0.0525. The summed E-state index contributed by atoms with van der Waals surface area (Å²) in [5, 5.41) is 3.00. The van der Waals surface area contributed by atoms with Gasteiger partial charge in [0.15, 0.2) is 0 Å². The molecule has 2 rings (SSSR count). The molecule has 1 atom stereocenters. The summed E-state index contributed by atoms with van der Waals surface area (Å²) >= 11 is 0. The van der Waals surface area contributed by atoms with Crippen LogP contribution in [-0.4, -0.2) is 112 Å². The first-order valence-corrected chi connectivity index (χ1v) is 9.56. The van der Waals surface area contributed by atoms with Crippen molar-refractivity contribution < 1.29 is 27.4 Å². The van der Waals surface area contributed by atoms with Gasteiger partial charge in [-0.25, -0.2) is 4.79 Å². The Bertz CT molecular complexity index is 440. The Kier molecular flexibility index (Phi) is 9.07. The largest absolute Gasteiger partial charge is 0.411 e. The lowest BCUT2D eigenvalue weighted by Gasteiger charge is -2.36. The predicted molar refractivity (Wildman–Crippen MR) is 94.8 cm³/mol. The van der Waals surface area contributed by atoms with Crippen molar-refractivity contribution in [1.82, 2.24) is 20.0 Å². The van der Waals surface area contributed by atoms with E-state index in [1.165, 1.54) is 0 Å². The number of rotatable bonds is 8. The molecule has 2 saturated heterocycles. The van der Waals surface area contributed by atoms with Crippen LogP contribution < -0.4 is 5.32 Å². The third kappa shape index (κ3) is 8.63. The number of ether oxygens (including phenoxy) is 2. The Balaban J connectivity index is 1.54. The Labute approximate surface area is 158 Å². The lowest BCUT2D eigenvalue weighted by atomic mass is 10.2. The third-order valence-corrected chi connectivity index (χ3v) is 4.91. The number of carbonyl (C=O) groups is 1. The van der Waals surface area contributed by atoms with Gasteiger partial charge < -0.3 is 19.7 Å². The molecule has 2 amide bonds. The van der Waals surface area contributed by atoms with Gasteiger partial charge in [-0.2, -0.15) is 13.2 Å². The molecule has 0 spiro atoms. The molecule has 2 aliphatic heterocycles. The van der Waals surface area contributed by atoms with Crippen molar-refractivity contribution in [2.45, 2.75) is 25.6 Å². The molecule has 2 heterocycles. The minimum atomic E-state index is -4.27. The van der Waals surface area contributed by atoms with Crippen molar-refractivity contribution in [2.24, 2.45) is 0 Å². The van der Waals surface area contributed by atoms with Crippen molar-refractivity contribution in [3.8, 4) is 0 Å². The molecule has 0 aliphatic carbocycles. The highest BCUT2D eigenvalue weighted by atomic mass is 19.4. The number of carbonyl (C=O) groups excluding carboxylic acids is 1. The van der Waals surface area contributed by atoms with E-state index < -0.39 is 12.8 Å². The first kappa shape index (κ1) is 22.2. The zero-order chi connectivity index (χ0) is 19.7. The lowest BCUT2D eigenvalue weighted by molar-refractivity contribution is -0.174. The number of morpholine rings is 1. The number of alkyl halides is 3. The topological polar surface area (TPSA) is 57.3 Å². The van der Waals surface area contributed by atoms with Crippen LogP contribution >= 0.6 is 0 Å². The number of piperazine rings is 1. The standard InChI is InChI=1S/C17H31F3N4O3/c1-15(23-8-11-26-12-9-23)13-21-16(25)24-6-4-22(5-7-24)3-2-10-27-14-17(18,19)20/h15H,2-14H2,1H3,(H,21,25). The van der Waals surface area contributed by atoms with E-state index in [-0.39, 0.29) is 18.7 Å². The molecule has 1 unspecified atom stereocenters. The van der Waals surface area contributed by atoms with Gasteiger partial charge in [-0.1, -0.05) is 0 Å².